The van der Waals surface area contributed by atoms with Crippen LogP contribution in [0.2, 0.25) is 0 Å². The molecule has 0 fully saturated rings. The van der Waals surface area contributed by atoms with Crippen molar-refractivity contribution in [3.8, 4) is 0 Å². The third kappa shape index (κ3) is 1.61. The van der Waals surface area contributed by atoms with Gasteiger partial charge in [0.05, 0.1) is 11.8 Å². The summed E-state index contributed by atoms with van der Waals surface area (Å²) in [5.41, 5.74) is 0.756. The zero-order valence-electron chi connectivity index (χ0n) is 8.14. The van der Waals surface area contributed by atoms with Gasteiger partial charge in [-0.05, 0) is 17.9 Å². The van der Waals surface area contributed by atoms with E-state index in [0.29, 0.717) is 6.42 Å². The van der Waals surface area contributed by atoms with Crippen LogP contribution in [0.3, 0.4) is 0 Å². The Hall–Kier alpha value is -1.41. The van der Waals surface area contributed by atoms with Gasteiger partial charge >= 0.3 is 0 Å². The highest BCUT2D eigenvalue weighted by Crippen LogP contribution is 2.19. The number of benzene rings is 1. The van der Waals surface area contributed by atoms with Gasteiger partial charge in [-0.25, -0.2) is 0 Å². The minimum absolute atomic E-state index is 0.445. The van der Waals surface area contributed by atoms with Crippen LogP contribution in [0.25, 0.3) is 10.8 Å². The predicted molar refractivity (Wildman–Crippen MR) is 57.0 cm³/mol. The van der Waals surface area contributed by atoms with E-state index in [1.165, 1.54) is 0 Å². The first-order chi connectivity index (χ1) is 6.81. The van der Waals surface area contributed by atoms with Crippen molar-refractivity contribution in [3.05, 3.63) is 42.2 Å². The first-order valence-electron chi connectivity index (χ1n) is 4.84. The summed E-state index contributed by atoms with van der Waals surface area (Å²) < 4.78 is 0. The molecule has 1 aromatic heterocycles. The number of hydrogen-bond donors (Lipinski definition) is 1. The number of aliphatic hydroxyl groups is 1. The van der Waals surface area contributed by atoms with E-state index in [-0.39, 0.29) is 0 Å². The Balaban J connectivity index is 2.51. The molecule has 0 aliphatic carbocycles. The fraction of sp³-hybridized carbons (Fsp3) is 0.250. The number of pyridine rings is 1. The Kier molecular flexibility index (Phi) is 2.46. The van der Waals surface area contributed by atoms with E-state index in [1.807, 2.05) is 43.5 Å². The van der Waals surface area contributed by atoms with Crippen LogP contribution in [0, 0.1) is 0 Å². The molecule has 0 aliphatic rings. The van der Waals surface area contributed by atoms with E-state index in [4.69, 9.17) is 0 Å². The number of aliphatic hydroxyl groups excluding tert-OH is 1. The summed E-state index contributed by atoms with van der Waals surface area (Å²) in [6.45, 7) is 1.95. The molecule has 1 aromatic carbocycles. The minimum atomic E-state index is -0.445. The molecule has 0 spiro atoms. The van der Waals surface area contributed by atoms with Crippen LogP contribution in [0.5, 0.6) is 0 Å². The fourth-order valence-corrected chi connectivity index (χ4v) is 1.49. The Morgan fingerprint density at radius 1 is 1.29 bits per heavy atom. The summed E-state index contributed by atoms with van der Waals surface area (Å²) in [6.07, 6.45) is 2.06. The Bertz CT molecular complexity index is 439. The molecule has 0 amide bonds. The molecule has 2 rings (SSSR count). The molecule has 1 N–H and O–H groups in total. The molecule has 0 saturated carbocycles. The largest absolute Gasteiger partial charge is 0.387 e. The van der Waals surface area contributed by atoms with Gasteiger partial charge < -0.3 is 5.11 Å². The summed E-state index contributed by atoms with van der Waals surface area (Å²) in [5, 5.41) is 11.9. The maximum atomic E-state index is 9.63. The Morgan fingerprint density at radius 3 is 2.71 bits per heavy atom. The van der Waals surface area contributed by atoms with Crippen molar-refractivity contribution >= 4 is 10.8 Å². The molecule has 2 aromatic rings. The molecule has 0 radical (unpaired) electrons. The van der Waals surface area contributed by atoms with Crippen LogP contribution in [0.1, 0.15) is 25.1 Å². The molecule has 2 nitrogen and oxygen atoms in total. The molecule has 0 saturated heterocycles. The maximum Gasteiger partial charge on any atom is 0.0957 e. The van der Waals surface area contributed by atoms with Crippen molar-refractivity contribution in [2.75, 3.05) is 0 Å². The van der Waals surface area contributed by atoms with Gasteiger partial charge in [0.2, 0.25) is 0 Å². The van der Waals surface area contributed by atoms with Crippen LogP contribution >= 0.6 is 0 Å². The van der Waals surface area contributed by atoms with E-state index in [9.17, 15) is 5.11 Å². The quantitative estimate of drug-likeness (QED) is 0.784. The molecule has 14 heavy (non-hydrogen) atoms. The molecule has 2 heteroatoms. The van der Waals surface area contributed by atoms with Crippen LogP contribution in [-0.4, -0.2) is 10.1 Å². The molecule has 1 atom stereocenters. The van der Waals surface area contributed by atoms with Gasteiger partial charge in [0, 0.05) is 11.6 Å². The molecule has 0 unspecified atom stereocenters. The van der Waals surface area contributed by atoms with E-state index < -0.39 is 6.10 Å². The topological polar surface area (TPSA) is 33.1 Å². The average Bonchev–Trinajstić information content (AvgIpc) is 2.27. The Labute approximate surface area is 83.2 Å². The third-order valence-electron chi connectivity index (χ3n) is 2.38. The number of rotatable bonds is 2. The van der Waals surface area contributed by atoms with Crippen LogP contribution in [-0.2, 0) is 0 Å². The Morgan fingerprint density at radius 2 is 2.00 bits per heavy atom. The zero-order chi connectivity index (χ0) is 9.97. The predicted octanol–water partition coefficient (Wildman–Crippen LogP) is 2.68. The van der Waals surface area contributed by atoms with E-state index in [2.05, 4.69) is 4.98 Å². The van der Waals surface area contributed by atoms with E-state index in [1.54, 1.807) is 0 Å². The summed E-state index contributed by atoms with van der Waals surface area (Å²) in [5.74, 6) is 0. The second kappa shape index (κ2) is 3.76. The molecule has 72 valence electrons. The number of aromatic nitrogens is 1. The smallest absolute Gasteiger partial charge is 0.0957 e. The summed E-state index contributed by atoms with van der Waals surface area (Å²) in [7, 11) is 0. The first-order valence-corrected chi connectivity index (χ1v) is 4.84. The monoisotopic (exact) mass is 187 g/mol. The van der Waals surface area contributed by atoms with Crippen molar-refractivity contribution in [1.82, 2.24) is 4.98 Å². The van der Waals surface area contributed by atoms with Gasteiger partial charge in [-0.15, -0.1) is 0 Å². The maximum absolute atomic E-state index is 9.63. The van der Waals surface area contributed by atoms with Crippen molar-refractivity contribution in [2.24, 2.45) is 0 Å². The minimum Gasteiger partial charge on any atom is -0.387 e. The van der Waals surface area contributed by atoms with Crippen molar-refractivity contribution in [1.29, 1.82) is 0 Å². The number of hydrogen-bond acceptors (Lipinski definition) is 2. The third-order valence-corrected chi connectivity index (χ3v) is 2.38. The highest BCUT2D eigenvalue weighted by Gasteiger charge is 2.06. The van der Waals surface area contributed by atoms with Gasteiger partial charge in [-0.2, -0.15) is 0 Å². The highest BCUT2D eigenvalue weighted by molar-refractivity contribution is 5.81. The van der Waals surface area contributed by atoms with Crippen molar-refractivity contribution in [2.45, 2.75) is 19.4 Å². The fourth-order valence-electron chi connectivity index (χ4n) is 1.49. The molecule has 0 bridgehead atoms. The van der Waals surface area contributed by atoms with Gasteiger partial charge in [0.25, 0.3) is 0 Å². The lowest BCUT2D eigenvalue weighted by atomic mass is 10.1. The highest BCUT2D eigenvalue weighted by atomic mass is 16.3. The lowest BCUT2D eigenvalue weighted by molar-refractivity contribution is 0.169. The van der Waals surface area contributed by atoms with E-state index in [0.717, 1.165) is 16.5 Å². The number of fused-ring (bicyclic) bond motifs is 1. The van der Waals surface area contributed by atoms with Crippen LogP contribution < -0.4 is 0 Å². The first kappa shape index (κ1) is 9.16. The molecular formula is C12H13NO. The molecule has 1 heterocycles. The van der Waals surface area contributed by atoms with Crippen LogP contribution in [0.15, 0.2) is 36.5 Å². The van der Waals surface area contributed by atoms with Gasteiger partial charge in [0.15, 0.2) is 0 Å². The summed E-state index contributed by atoms with van der Waals surface area (Å²) in [4.78, 5) is 4.23. The number of nitrogens with zero attached hydrogens (tertiary/aromatic N) is 1. The van der Waals surface area contributed by atoms with Crippen molar-refractivity contribution < 1.29 is 5.11 Å². The van der Waals surface area contributed by atoms with Crippen LogP contribution in [0.4, 0.5) is 0 Å². The average molecular weight is 187 g/mol. The van der Waals surface area contributed by atoms with Crippen molar-refractivity contribution in [3.63, 3.8) is 0 Å². The van der Waals surface area contributed by atoms with Gasteiger partial charge in [-0.3, -0.25) is 4.98 Å². The molecular weight excluding hydrogens is 174 g/mol. The lowest BCUT2D eigenvalue weighted by Gasteiger charge is -2.07. The summed E-state index contributed by atoms with van der Waals surface area (Å²) >= 11 is 0. The van der Waals surface area contributed by atoms with E-state index >= 15 is 0 Å². The zero-order valence-corrected chi connectivity index (χ0v) is 8.14. The normalized spacial score (nSPS) is 13.0. The second-order valence-electron chi connectivity index (χ2n) is 3.38. The van der Waals surface area contributed by atoms with Gasteiger partial charge in [0.1, 0.15) is 0 Å². The SMILES string of the molecule is CC[C@@H](O)c1cc2ccccc2cn1. The summed E-state index contributed by atoms with van der Waals surface area (Å²) in [6, 6.07) is 9.97. The molecule has 0 aliphatic heterocycles. The second-order valence-corrected chi connectivity index (χ2v) is 3.38. The standard InChI is InChI=1S/C12H13NO/c1-2-12(14)11-7-9-5-3-4-6-10(9)8-13-11/h3-8,12,14H,2H2,1H3/t12-/m1/s1. The van der Waals surface area contributed by atoms with Gasteiger partial charge in [-0.1, -0.05) is 31.2 Å². The lowest BCUT2D eigenvalue weighted by Crippen LogP contribution is -1.97.